The molecule has 86 valence electrons. The summed E-state index contributed by atoms with van der Waals surface area (Å²) in [5.41, 5.74) is -0.0419. The molecule has 0 radical (unpaired) electrons. The average molecular weight is 253 g/mol. The van der Waals surface area contributed by atoms with Crippen LogP contribution in [0.15, 0.2) is 30.5 Å². The molecular formula is C10H6ClFN4O. The average Bonchev–Trinajstić information content (AvgIpc) is 2.29. The Balaban J connectivity index is 2.17. The quantitative estimate of drug-likeness (QED) is 0.655. The number of rotatable bonds is 2. The molecule has 0 aliphatic rings. The molecule has 2 heterocycles. The normalized spacial score (nSPS) is 10.0. The Morgan fingerprint density at radius 1 is 1.29 bits per heavy atom. The fourth-order valence-electron chi connectivity index (χ4n) is 1.12. The van der Waals surface area contributed by atoms with Gasteiger partial charge in [-0.05, 0) is 29.8 Å². The number of carbonyl (C=O) groups excluding carboxylic acids is 1. The van der Waals surface area contributed by atoms with E-state index in [0.717, 1.165) is 6.07 Å². The van der Waals surface area contributed by atoms with E-state index >= 15 is 0 Å². The molecule has 7 heteroatoms. The van der Waals surface area contributed by atoms with Gasteiger partial charge in [-0.25, -0.2) is 15.0 Å². The zero-order valence-electron chi connectivity index (χ0n) is 8.39. The number of amides is 1. The number of hydrogen-bond acceptors (Lipinski definition) is 4. The highest BCUT2D eigenvalue weighted by molar-refractivity contribution is 6.28. The maximum atomic E-state index is 12.8. The van der Waals surface area contributed by atoms with Gasteiger partial charge in [0.25, 0.3) is 5.91 Å². The van der Waals surface area contributed by atoms with Gasteiger partial charge in [0.05, 0.1) is 0 Å². The summed E-state index contributed by atoms with van der Waals surface area (Å²) in [5, 5.41) is 2.43. The summed E-state index contributed by atoms with van der Waals surface area (Å²) in [6, 6.07) is 5.40. The lowest BCUT2D eigenvalue weighted by atomic mass is 10.3. The molecule has 1 N–H and O–H groups in total. The number of halogens is 2. The molecule has 0 spiro atoms. The van der Waals surface area contributed by atoms with Gasteiger partial charge >= 0.3 is 0 Å². The van der Waals surface area contributed by atoms with Crippen LogP contribution in [0.5, 0.6) is 0 Å². The molecule has 2 aromatic rings. The van der Waals surface area contributed by atoms with Gasteiger partial charge in [-0.3, -0.25) is 4.79 Å². The third-order valence-electron chi connectivity index (χ3n) is 1.82. The molecule has 0 unspecified atom stereocenters. The second kappa shape index (κ2) is 4.84. The Hall–Kier alpha value is -2.08. The molecular weight excluding hydrogens is 247 g/mol. The van der Waals surface area contributed by atoms with Gasteiger partial charge in [0, 0.05) is 6.20 Å². The molecule has 5 nitrogen and oxygen atoms in total. The predicted octanol–water partition coefficient (Wildman–Crippen LogP) is 1.92. The first-order valence-electron chi connectivity index (χ1n) is 4.57. The van der Waals surface area contributed by atoms with Crippen LogP contribution >= 0.6 is 11.6 Å². The van der Waals surface area contributed by atoms with E-state index in [9.17, 15) is 9.18 Å². The number of anilines is 1. The van der Waals surface area contributed by atoms with E-state index in [1.807, 2.05) is 0 Å². The van der Waals surface area contributed by atoms with E-state index in [4.69, 9.17) is 11.6 Å². The Morgan fingerprint density at radius 2 is 2.12 bits per heavy atom. The van der Waals surface area contributed by atoms with Crippen molar-refractivity contribution in [3.05, 3.63) is 47.4 Å². The third kappa shape index (κ3) is 2.94. The second-order valence-electron chi connectivity index (χ2n) is 3.01. The van der Waals surface area contributed by atoms with Gasteiger partial charge in [0.2, 0.25) is 11.2 Å². The highest BCUT2D eigenvalue weighted by Crippen LogP contribution is 2.07. The van der Waals surface area contributed by atoms with Gasteiger partial charge in [-0.1, -0.05) is 6.07 Å². The highest BCUT2D eigenvalue weighted by Gasteiger charge is 2.09. The molecule has 0 saturated carbocycles. The molecule has 1 amide bonds. The minimum absolute atomic E-state index is 0.00926. The van der Waals surface area contributed by atoms with E-state index < -0.39 is 11.9 Å². The summed E-state index contributed by atoms with van der Waals surface area (Å²) in [6.07, 6.45) is 1.39. The SMILES string of the molecule is O=C(Nc1ccnc(Cl)n1)c1cccc(F)n1. The molecule has 17 heavy (non-hydrogen) atoms. The second-order valence-corrected chi connectivity index (χ2v) is 3.35. The van der Waals surface area contributed by atoms with E-state index in [-0.39, 0.29) is 16.8 Å². The van der Waals surface area contributed by atoms with Gasteiger partial charge < -0.3 is 5.32 Å². The zero-order valence-corrected chi connectivity index (χ0v) is 9.15. The van der Waals surface area contributed by atoms with Gasteiger partial charge in [-0.15, -0.1) is 0 Å². The first-order chi connectivity index (χ1) is 8.15. The summed E-state index contributed by atoms with van der Waals surface area (Å²) < 4.78 is 12.8. The summed E-state index contributed by atoms with van der Waals surface area (Å²) in [6.45, 7) is 0. The fraction of sp³-hybridized carbons (Fsp3) is 0. The molecule has 2 rings (SSSR count). The number of nitrogens with one attached hydrogen (secondary N) is 1. The van der Waals surface area contributed by atoms with E-state index in [0.29, 0.717) is 0 Å². The van der Waals surface area contributed by atoms with E-state index in [1.165, 1.54) is 24.4 Å². The van der Waals surface area contributed by atoms with Crippen molar-refractivity contribution in [1.82, 2.24) is 15.0 Å². The first kappa shape index (κ1) is 11.4. The topological polar surface area (TPSA) is 67.8 Å². The third-order valence-corrected chi connectivity index (χ3v) is 2.00. The van der Waals surface area contributed by atoms with Crippen LogP contribution in [0.25, 0.3) is 0 Å². The Bertz CT molecular complexity index is 564. The van der Waals surface area contributed by atoms with E-state index in [2.05, 4.69) is 20.3 Å². The van der Waals surface area contributed by atoms with Crippen LogP contribution < -0.4 is 5.32 Å². The van der Waals surface area contributed by atoms with Crippen molar-refractivity contribution in [3.63, 3.8) is 0 Å². The maximum absolute atomic E-state index is 12.8. The maximum Gasteiger partial charge on any atom is 0.275 e. The molecule has 0 fully saturated rings. The lowest BCUT2D eigenvalue weighted by Crippen LogP contribution is -2.15. The summed E-state index contributed by atoms with van der Waals surface area (Å²) in [7, 11) is 0. The molecule has 0 bridgehead atoms. The molecule has 2 aromatic heterocycles. The highest BCUT2D eigenvalue weighted by atomic mass is 35.5. The molecule has 0 aliphatic heterocycles. The largest absolute Gasteiger partial charge is 0.305 e. The smallest absolute Gasteiger partial charge is 0.275 e. The van der Waals surface area contributed by atoms with Crippen LogP contribution in [0, 0.1) is 5.95 Å². The predicted molar refractivity (Wildman–Crippen MR) is 59.2 cm³/mol. The van der Waals surface area contributed by atoms with Gasteiger partial charge in [-0.2, -0.15) is 4.39 Å². The number of hydrogen-bond donors (Lipinski definition) is 1. The van der Waals surface area contributed by atoms with Gasteiger partial charge in [0.15, 0.2) is 0 Å². The summed E-state index contributed by atoms with van der Waals surface area (Å²) >= 11 is 5.55. The van der Waals surface area contributed by atoms with Crippen LogP contribution in [0.4, 0.5) is 10.2 Å². The Kier molecular flexibility index (Phi) is 3.24. The van der Waals surface area contributed by atoms with Crippen molar-refractivity contribution >= 4 is 23.3 Å². The van der Waals surface area contributed by atoms with Crippen molar-refractivity contribution in [2.24, 2.45) is 0 Å². The van der Waals surface area contributed by atoms with Crippen LogP contribution in [0.1, 0.15) is 10.5 Å². The van der Waals surface area contributed by atoms with Crippen molar-refractivity contribution in [2.45, 2.75) is 0 Å². The fourth-order valence-corrected chi connectivity index (χ4v) is 1.27. The van der Waals surface area contributed by atoms with Crippen LogP contribution in [0.3, 0.4) is 0 Å². The number of pyridine rings is 1. The molecule has 0 aliphatic carbocycles. The number of carbonyl (C=O) groups is 1. The molecule has 0 saturated heterocycles. The zero-order chi connectivity index (χ0) is 12.3. The van der Waals surface area contributed by atoms with Gasteiger partial charge in [0.1, 0.15) is 11.5 Å². The Morgan fingerprint density at radius 3 is 2.82 bits per heavy atom. The van der Waals surface area contributed by atoms with Crippen LogP contribution in [0.2, 0.25) is 5.28 Å². The number of nitrogens with zero attached hydrogens (tertiary/aromatic N) is 3. The molecule has 0 atom stereocenters. The minimum Gasteiger partial charge on any atom is -0.305 e. The van der Waals surface area contributed by atoms with E-state index in [1.54, 1.807) is 0 Å². The minimum atomic E-state index is -0.724. The van der Waals surface area contributed by atoms with Crippen molar-refractivity contribution in [3.8, 4) is 0 Å². The summed E-state index contributed by atoms with van der Waals surface area (Å²) in [5.74, 6) is -1.07. The lowest BCUT2D eigenvalue weighted by Gasteiger charge is -2.03. The summed E-state index contributed by atoms with van der Waals surface area (Å²) in [4.78, 5) is 22.5. The van der Waals surface area contributed by atoms with Crippen LogP contribution in [-0.4, -0.2) is 20.9 Å². The first-order valence-corrected chi connectivity index (χ1v) is 4.95. The van der Waals surface area contributed by atoms with Crippen molar-refractivity contribution in [2.75, 3.05) is 5.32 Å². The van der Waals surface area contributed by atoms with Crippen LogP contribution in [-0.2, 0) is 0 Å². The molecule has 0 aromatic carbocycles. The lowest BCUT2D eigenvalue weighted by molar-refractivity contribution is 0.102. The van der Waals surface area contributed by atoms with Crippen molar-refractivity contribution < 1.29 is 9.18 Å². The number of aromatic nitrogens is 3. The van der Waals surface area contributed by atoms with Crippen molar-refractivity contribution in [1.29, 1.82) is 0 Å². The Labute approximate surface area is 101 Å². The monoisotopic (exact) mass is 252 g/mol. The standard InChI is InChI=1S/C10H6ClFN4O/c11-10-13-5-4-8(16-10)15-9(17)6-2-1-3-7(12)14-6/h1-5H,(H,13,15,16,17).